The minimum absolute atomic E-state index is 0.0163. The number of nitrogens with one attached hydrogen (secondary N) is 2. The first kappa shape index (κ1) is 13.9. The molecule has 4 heteroatoms. The van der Waals surface area contributed by atoms with Crippen molar-refractivity contribution in [2.24, 2.45) is 0 Å². The van der Waals surface area contributed by atoms with Crippen LogP contribution in [0.3, 0.4) is 0 Å². The molecule has 0 saturated heterocycles. The number of anilines is 1. The van der Waals surface area contributed by atoms with Gasteiger partial charge in [0.15, 0.2) is 0 Å². The zero-order valence-electron chi connectivity index (χ0n) is 11.7. The molecule has 0 radical (unpaired) electrons. The van der Waals surface area contributed by atoms with E-state index >= 15 is 0 Å². The third kappa shape index (κ3) is 3.70. The predicted octanol–water partition coefficient (Wildman–Crippen LogP) is 1.76. The van der Waals surface area contributed by atoms with Crippen LogP contribution in [-0.4, -0.2) is 18.5 Å². The minimum Gasteiger partial charge on any atom is -0.399 e. The van der Waals surface area contributed by atoms with Crippen LogP contribution in [0.5, 0.6) is 0 Å². The maximum absolute atomic E-state index is 11.0. The first-order valence-electron chi connectivity index (χ1n) is 6.95. The molecule has 0 bridgehead atoms. The molecule has 0 heterocycles. The van der Waals surface area contributed by atoms with Crippen LogP contribution in [0.15, 0.2) is 18.2 Å². The molecule has 4 N–H and O–H groups in total. The van der Waals surface area contributed by atoms with Crippen LogP contribution in [-0.2, 0) is 11.2 Å². The van der Waals surface area contributed by atoms with Gasteiger partial charge in [0.25, 0.3) is 0 Å². The van der Waals surface area contributed by atoms with Gasteiger partial charge in [0.05, 0.1) is 0 Å². The maximum atomic E-state index is 11.0. The number of hydrogen-bond acceptors (Lipinski definition) is 3. The molecule has 1 aromatic rings. The van der Waals surface area contributed by atoms with E-state index in [0.717, 1.165) is 25.1 Å². The van der Waals surface area contributed by atoms with E-state index in [1.165, 1.54) is 17.5 Å². The number of benzene rings is 1. The van der Waals surface area contributed by atoms with Crippen molar-refractivity contribution in [3.8, 4) is 0 Å². The Morgan fingerprint density at radius 2 is 2.32 bits per heavy atom. The topological polar surface area (TPSA) is 67.2 Å². The quantitative estimate of drug-likeness (QED) is 0.724. The fourth-order valence-electron chi connectivity index (χ4n) is 2.75. The summed E-state index contributed by atoms with van der Waals surface area (Å²) in [4.78, 5) is 11.0. The van der Waals surface area contributed by atoms with Crippen molar-refractivity contribution in [2.45, 2.75) is 45.2 Å². The van der Waals surface area contributed by atoms with Crippen LogP contribution in [0.2, 0.25) is 0 Å². The lowest BCUT2D eigenvalue weighted by molar-refractivity contribution is -0.119. The molecule has 0 saturated carbocycles. The van der Waals surface area contributed by atoms with Crippen LogP contribution in [0.25, 0.3) is 0 Å². The lowest BCUT2D eigenvalue weighted by Crippen LogP contribution is -2.40. The van der Waals surface area contributed by atoms with Crippen LogP contribution >= 0.6 is 0 Å². The lowest BCUT2D eigenvalue weighted by Gasteiger charge is -2.28. The highest BCUT2D eigenvalue weighted by molar-refractivity contribution is 5.73. The fourth-order valence-corrected chi connectivity index (χ4v) is 2.75. The Labute approximate surface area is 114 Å². The molecule has 0 spiro atoms. The SMILES string of the molecule is CC(=O)NC(C)CNC1CCCc2ccc(N)cc21. The number of carbonyl (C=O) groups is 1. The molecular formula is C15H23N3O. The number of nitrogen functional groups attached to an aromatic ring is 1. The normalized spacial score (nSPS) is 19.6. The first-order chi connectivity index (χ1) is 9.06. The third-order valence-electron chi connectivity index (χ3n) is 3.60. The van der Waals surface area contributed by atoms with E-state index in [2.05, 4.69) is 22.8 Å². The molecule has 2 atom stereocenters. The molecule has 2 rings (SSSR count). The minimum atomic E-state index is 0.0163. The Morgan fingerprint density at radius 1 is 1.53 bits per heavy atom. The highest BCUT2D eigenvalue weighted by Gasteiger charge is 2.20. The average molecular weight is 261 g/mol. The molecule has 0 fully saturated rings. The Morgan fingerprint density at radius 3 is 3.05 bits per heavy atom. The van der Waals surface area contributed by atoms with E-state index < -0.39 is 0 Å². The standard InChI is InChI=1S/C15H23N3O/c1-10(18-11(2)19)9-17-15-5-3-4-12-6-7-13(16)8-14(12)15/h6-8,10,15,17H,3-5,9,16H2,1-2H3,(H,18,19). The van der Waals surface area contributed by atoms with E-state index in [0.29, 0.717) is 6.04 Å². The van der Waals surface area contributed by atoms with Gasteiger partial charge >= 0.3 is 0 Å². The van der Waals surface area contributed by atoms with Crippen LogP contribution in [0.1, 0.15) is 43.9 Å². The fraction of sp³-hybridized carbons (Fsp3) is 0.533. The molecule has 104 valence electrons. The molecule has 19 heavy (non-hydrogen) atoms. The summed E-state index contributed by atoms with van der Waals surface area (Å²) in [5.74, 6) is 0.0163. The van der Waals surface area contributed by atoms with Crippen molar-refractivity contribution in [3.63, 3.8) is 0 Å². The Balaban J connectivity index is 1.99. The van der Waals surface area contributed by atoms with Crippen molar-refractivity contribution in [2.75, 3.05) is 12.3 Å². The van der Waals surface area contributed by atoms with E-state index in [-0.39, 0.29) is 11.9 Å². The lowest BCUT2D eigenvalue weighted by atomic mass is 9.87. The Kier molecular flexibility index (Phi) is 4.43. The van der Waals surface area contributed by atoms with Crippen molar-refractivity contribution in [1.82, 2.24) is 10.6 Å². The van der Waals surface area contributed by atoms with Crippen molar-refractivity contribution >= 4 is 11.6 Å². The summed E-state index contributed by atoms with van der Waals surface area (Å²) >= 11 is 0. The third-order valence-corrected chi connectivity index (χ3v) is 3.60. The van der Waals surface area contributed by atoms with E-state index in [9.17, 15) is 4.79 Å². The summed E-state index contributed by atoms with van der Waals surface area (Å²) in [5, 5.41) is 6.43. The van der Waals surface area contributed by atoms with Crippen LogP contribution in [0, 0.1) is 0 Å². The van der Waals surface area contributed by atoms with E-state index in [4.69, 9.17) is 5.73 Å². The van der Waals surface area contributed by atoms with Gasteiger partial charge in [0.1, 0.15) is 0 Å². The first-order valence-corrected chi connectivity index (χ1v) is 6.95. The van der Waals surface area contributed by atoms with Crippen molar-refractivity contribution < 1.29 is 4.79 Å². The zero-order valence-corrected chi connectivity index (χ0v) is 11.7. The zero-order chi connectivity index (χ0) is 13.8. The van der Waals surface area contributed by atoms with Crippen LogP contribution in [0.4, 0.5) is 5.69 Å². The molecule has 1 aromatic carbocycles. The number of fused-ring (bicyclic) bond motifs is 1. The second-order valence-corrected chi connectivity index (χ2v) is 5.41. The molecule has 0 aromatic heterocycles. The number of amides is 1. The van der Waals surface area contributed by atoms with Gasteiger partial charge in [0.2, 0.25) is 5.91 Å². The summed E-state index contributed by atoms with van der Waals surface area (Å²) in [6.45, 7) is 4.34. The summed E-state index contributed by atoms with van der Waals surface area (Å²) in [6.07, 6.45) is 3.46. The van der Waals surface area contributed by atoms with Gasteiger partial charge in [-0.3, -0.25) is 4.79 Å². The van der Waals surface area contributed by atoms with Gasteiger partial charge in [-0.25, -0.2) is 0 Å². The highest BCUT2D eigenvalue weighted by atomic mass is 16.1. The Hall–Kier alpha value is -1.55. The number of hydrogen-bond donors (Lipinski definition) is 3. The molecule has 1 aliphatic rings. The van der Waals surface area contributed by atoms with Gasteiger partial charge in [0, 0.05) is 31.2 Å². The maximum Gasteiger partial charge on any atom is 0.217 e. The number of rotatable bonds is 4. The van der Waals surface area contributed by atoms with Gasteiger partial charge < -0.3 is 16.4 Å². The molecule has 1 amide bonds. The molecule has 2 unspecified atom stereocenters. The monoisotopic (exact) mass is 261 g/mol. The summed E-state index contributed by atoms with van der Waals surface area (Å²) in [5.41, 5.74) is 9.42. The van der Waals surface area contributed by atoms with Gasteiger partial charge in [-0.15, -0.1) is 0 Å². The number of carbonyl (C=O) groups excluding carboxylic acids is 1. The summed E-state index contributed by atoms with van der Waals surface area (Å²) < 4.78 is 0. The molecule has 0 aliphatic heterocycles. The average Bonchev–Trinajstić information content (AvgIpc) is 2.35. The number of nitrogens with two attached hydrogens (primary N) is 1. The second-order valence-electron chi connectivity index (χ2n) is 5.41. The van der Waals surface area contributed by atoms with Gasteiger partial charge in [-0.05, 0) is 49.4 Å². The molecule has 4 nitrogen and oxygen atoms in total. The van der Waals surface area contributed by atoms with Crippen LogP contribution < -0.4 is 16.4 Å². The second kappa shape index (κ2) is 6.06. The highest BCUT2D eigenvalue weighted by Crippen LogP contribution is 2.30. The molecule has 1 aliphatic carbocycles. The summed E-state index contributed by atoms with van der Waals surface area (Å²) in [7, 11) is 0. The van der Waals surface area contributed by atoms with Crippen molar-refractivity contribution in [3.05, 3.63) is 29.3 Å². The van der Waals surface area contributed by atoms with E-state index in [1.54, 1.807) is 6.92 Å². The van der Waals surface area contributed by atoms with Gasteiger partial charge in [-0.2, -0.15) is 0 Å². The van der Waals surface area contributed by atoms with Crippen molar-refractivity contribution in [1.29, 1.82) is 0 Å². The van der Waals surface area contributed by atoms with Gasteiger partial charge in [-0.1, -0.05) is 6.07 Å². The molecular weight excluding hydrogens is 238 g/mol. The number of aryl methyl sites for hydroxylation is 1. The smallest absolute Gasteiger partial charge is 0.217 e. The Bertz CT molecular complexity index is 459. The van der Waals surface area contributed by atoms with E-state index in [1.807, 2.05) is 13.0 Å². The predicted molar refractivity (Wildman–Crippen MR) is 77.8 cm³/mol. The largest absolute Gasteiger partial charge is 0.399 e. The summed E-state index contributed by atoms with van der Waals surface area (Å²) in [6, 6.07) is 6.68.